The number of amides is 1. The van der Waals surface area contributed by atoms with Crippen LogP contribution >= 0.6 is 11.3 Å². The normalized spacial score (nSPS) is 18.6. The smallest absolute Gasteiger partial charge is 0.228 e. The molecule has 3 heterocycles. The van der Waals surface area contributed by atoms with Gasteiger partial charge < -0.3 is 9.42 Å². The molecule has 4 nitrogen and oxygen atoms in total. The fourth-order valence-electron chi connectivity index (χ4n) is 2.76. The number of carbonyl (C=O) groups excluding carboxylic acids is 1. The van der Waals surface area contributed by atoms with Crippen molar-refractivity contribution in [3.8, 4) is 0 Å². The zero-order chi connectivity index (χ0) is 14.8. The monoisotopic (exact) mass is 304 g/mol. The maximum absolute atomic E-state index is 12.5. The summed E-state index contributed by atoms with van der Waals surface area (Å²) in [5, 5.41) is 6.13. The first-order valence-electron chi connectivity index (χ1n) is 7.43. The summed E-state index contributed by atoms with van der Waals surface area (Å²) in [6.07, 6.45) is 2.47. The molecule has 1 amide bonds. The van der Waals surface area contributed by atoms with E-state index in [9.17, 15) is 4.79 Å². The highest BCUT2D eigenvalue weighted by molar-refractivity contribution is 7.10. The van der Waals surface area contributed by atoms with Gasteiger partial charge in [-0.15, -0.1) is 11.3 Å². The molecule has 0 N–H and O–H groups in total. The third-order valence-corrected chi connectivity index (χ3v) is 4.82. The van der Waals surface area contributed by atoms with Gasteiger partial charge in [0, 0.05) is 17.5 Å². The molecule has 3 rings (SSSR count). The van der Waals surface area contributed by atoms with E-state index in [0.29, 0.717) is 12.3 Å². The zero-order valence-corrected chi connectivity index (χ0v) is 13.2. The summed E-state index contributed by atoms with van der Waals surface area (Å²) in [7, 11) is 0. The molecule has 1 atom stereocenters. The van der Waals surface area contributed by atoms with E-state index in [4.69, 9.17) is 4.52 Å². The molecule has 0 spiro atoms. The van der Waals surface area contributed by atoms with Crippen molar-refractivity contribution < 1.29 is 9.32 Å². The van der Waals surface area contributed by atoms with Gasteiger partial charge in [0.05, 0.1) is 18.2 Å². The van der Waals surface area contributed by atoms with Crippen LogP contribution in [0.4, 0.5) is 0 Å². The number of hydrogen-bond donors (Lipinski definition) is 0. The van der Waals surface area contributed by atoms with Crippen molar-refractivity contribution in [2.45, 2.75) is 45.1 Å². The van der Waals surface area contributed by atoms with E-state index in [2.05, 4.69) is 19.0 Å². The fourth-order valence-corrected chi connectivity index (χ4v) is 3.45. The molecule has 0 radical (unpaired) electrons. The number of aromatic nitrogens is 1. The van der Waals surface area contributed by atoms with E-state index in [1.807, 2.05) is 28.5 Å². The molecule has 0 aliphatic carbocycles. The Morgan fingerprint density at radius 1 is 1.57 bits per heavy atom. The van der Waals surface area contributed by atoms with Gasteiger partial charge in [-0.3, -0.25) is 4.79 Å². The number of carbonyl (C=O) groups is 1. The van der Waals surface area contributed by atoms with Gasteiger partial charge in [-0.1, -0.05) is 25.1 Å². The minimum Gasteiger partial charge on any atom is -0.359 e. The lowest BCUT2D eigenvalue weighted by atomic mass is 10.1. The van der Waals surface area contributed by atoms with Gasteiger partial charge in [0.25, 0.3) is 0 Å². The number of hydrogen-bond acceptors (Lipinski definition) is 4. The van der Waals surface area contributed by atoms with Crippen LogP contribution < -0.4 is 0 Å². The van der Waals surface area contributed by atoms with E-state index < -0.39 is 0 Å². The van der Waals surface area contributed by atoms with Crippen molar-refractivity contribution in [2.24, 2.45) is 0 Å². The molecule has 0 bridgehead atoms. The van der Waals surface area contributed by atoms with Gasteiger partial charge in [0.15, 0.2) is 5.76 Å². The molecule has 0 aromatic carbocycles. The molecule has 1 fully saturated rings. The molecule has 1 saturated heterocycles. The summed E-state index contributed by atoms with van der Waals surface area (Å²) < 4.78 is 5.48. The predicted molar refractivity (Wildman–Crippen MR) is 82.3 cm³/mol. The first kappa shape index (κ1) is 14.3. The number of likely N-dealkylation sites (tertiary alicyclic amines) is 1. The quantitative estimate of drug-likeness (QED) is 0.864. The van der Waals surface area contributed by atoms with Crippen LogP contribution in [0.2, 0.25) is 0 Å². The second-order valence-electron chi connectivity index (χ2n) is 5.81. The molecular formula is C16H20N2O2S. The van der Waals surface area contributed by atoms with Gasteiger partial charge in [0.2, 0.25) is 5.91 Å². The minimum absolute atomic E-state index is 0.0532. The Morgan fingerprint density at radius 2 is 2.43 bits per heavy atom. The Kier molecular flexibility index (Phi) is 4.10. The molecular weight excluding hydrogens is 284 g/mol. The number of nitrogens with zero attached hydrogens (tertiary/aromatic N) is 2. The Labute approximate surface area is 128 Å². The van der Waals surface area contributed by atoms with Crippen molar-refractivity contribution in [1.29, 1.82) is 0 Å². The first-order chi connectivity index (χ1) is 10.1. The largest absolute Gasteiger partial charge is 0.359 e. The Bertz CT molecular complexity index is 604. The lowest BCUT2D eigenvalue weighted by molar-refractivity contribution is -0.131. The summed E-state index contributed by atoms with van der Waals surface area (Å²) in [4.78, 5) is 15.6. The Hall–Kier alpha value is -1.62. The van der Waals surface area contributed by atoms with E-state index in [0.717, 1.165) is 35.7 Å². The SMILES string of the molecule is CC(C)c1cc([C@@H]2CCCN2C(=O)Cc2cccs2)on1. The molecule has 112 valence electrons. The molecule has 1 aliphatic rings. The summed E-state index contributed by atoms with van der Waals surface area (Å²) in [5.41, 5.74) is 0.961. The van der Waals surface area contributed by atoms with Gasteiger partial charge >= 0.3 is 0 Å². The van der Waals surface area contributed by atoms with Crippen LogP contribution in [0.5, 0.6) is 0 Å². The highest BCUT2D eigenvalue weighted by Crippen LogP contribution is 2.33. The minimum atomic E-state index is 0.0532. The molecule has 0 unspecified atom stereocenters. The fraction of sp³-hybridized carbons (Fsp3) is 0.500. The highest BCUT2D eigenvalue weighted by Gasteiger charge is 2.32. The molecule has 5 heteroatoms. The molecule has 21 heavy (non-hydrogen) atoms. The second-order valence-corrected chi connectivity index (χ2v) is 6.84. The van der Waals surface area contributed by atoms with Crippen molar-refractivity contribution >= 4 is 17.2 Å². The maximum Gasteiger partial charge on any atom is 0.228 e. The van der Waals surface area contributed by atoms with Crippen molar-refractivity contribution in [3.63, 3.8) is 0 Å². The average Bonchev–Trinajstić information content (AvgIpc) is 3.19. The Balaban J connectivity index is 1.73. The van der Waals surface area contributed by atoms with Crippen LogP contribution in [-0.2, 0) is 11.2 Å². The van der Waals surface area contributed by atoms with Crippen LogP contribution in [0.25, 0.3) is 0 Å². The standard InChI is InChI=1S/C16H20N2O2S/c1-11(2)13-10-15(20-17-13)14-6-3-7-18(14)16(19)9-12-5-4-8-21-12/h4-5,8,10-11,14H,3,6-7,9H2,1-2H3/t14-/m0/s1. The van der Waals surface area contributed by atoms with Crippen molar-refractivity contribution in [3.05, 3.63) is 39.9 Å². The molecule has 2 aromatic rings. The average molecular weight is 304 g/mol. The zero-order valence-electron chi connectivity index (χ0n) is 12.4. The second kappa shape index (κ2) is 6.02. The lowest BCUT2D eigenvalue weighted by Gasteiger charge is -2.22. The van der Waals surface area contributed by atoms with Gasteiger partial charge in [0.1, 0.15) is 0 Å². The summed E-state index contributed by atoms with van der Waals surface area (Å²) in [6.45, 7) is 5.00. The molecule has 2 aromatic heterocycles. The van der Waals surface area contributed by atoms with Crippen LogP contribution in [-0.4, -0.2) is 22.5 Å². The van der Waals surface area contributed by atoms with Crippen LogP contribution in [0.1, 0.15) is 55.0 Å². The predicted octanol–water partition coefficient (Wildman–Crippen LogP) is 3.77. The maximum atomic E-state index is 12.5. The highest BCUT2D eigenvalue weighted by atomic mass is 32.1. The Morgan fingerprint density at radius 3 is 3.10 bits per heavy atom. The van der Waals surface area contributed by atoms with Gasteiger partial charge in [-0.2, -0.15) is 0 Å². The summed E-state index contributed by atoms with van der Waals surface area (Å²) >= 11 is 1.63. The van der Waals surface area contributed by atoms with Crippen molar-refractivity contribution in [1.82, 2.24) is 10.1 Å². The van der Waals surface area contributed by atoms with E-state index in [1.165, 1.54) is 0 Å². The third-order valence-electron chi connectivity index (χ3n) is 3.95. The van der Waals surface area contributed by atoms with Crippen LogP contribution in [0.15, 0.2) is 28.1 Å². The van der Waals surface area contributed by atoms with E-state index >= 15 is 0 Å². The van der Waals surface area contributed by atoms with Gasteiger partial charge in [-0.25, -0.2) is 0 Å². The van der Waals surface area contributed by atoms with E-state index in [1.54, 1.807) is 11.3 Å². The van der Waals surface area contributed by atoms with E-state index in [-0.39, 0.29) is 11.9 Å². The summed E-state index contributed by atoms with van der Waals surface area (Å²) in [6, 6.07) is 6.06. The summed E-state index contributed by atoms with van der Waals surface area (Å²) in [5.74, 6) is 1.36. The molecule has 1 aliphatic heterocycles. The van der Waals surface area contributed by atoms with Crippen molar-refractivity contribution in [2.75, 3.05) is 6.54 Å². The topological polar surface area (TPSA) is 46.3 Å². The number of thiophene rings is 1. The van der Waals surface area contributed by atoms with Crippen LogP contribution in [0, 0.1) is 0 Å². The number of rotatable bonds is 4. The molecule has 0 saturated carbocycles. The first-order valence-corrected chi connectivity index (χ1v) is 8.31. The lowest BCUT2D eigenvalue weighted by Crippen LogP contribution is -2.31. The van der Waals surface area contributed by atoms with Crippen LogP contribution in [0.3, 0.4) is 0 Å². The third kappa shape index (κ3) is 3.02. The van der Waals surface area contributed by atoms with Gasteiger partial charge in [-0.05, 0) is 30.2 Å².